The number of nitrogens with one attached hydrogen (secondary N) is 1. The quantitative estimate of drug-likeness (QED) is 0.715. The SMILES string of the molecule is COC(C)(C)Cc1nnc(CCCNC2CC2)o1. The predicted molar refractivity (Wildman–Crippen MR) is 68.4 cm³/mol. The Morgan fingerprint density at radius 3 is 2.72 bits per heavy atom. The zero-order chi connectivity index (χ0) is 13.0. The van der Waals surface area contributed by atoms with Crippen molar-refractivity contribution in [3.05, 3.63) is 11.8 Å². The minimum Gasteiger partial charge on any atom is -0.425 e. The molecule has 1 saturated carbocycles. The highest BCUT2D eigenvalue weighted by atomic mass is 16.5. The molecule has 0 bridgehead atoms. The highest BCUT2D eigenvalue weighted by Gasteiger charge is 2.21. The molecule has 1 aromatic rings. The lowest BCUT2D eigenvalue weighted by atomic mass is 10.1. The van der Waals surface area contributed by atoms with Gasteiger partial charge in [-0.25, -0.2) is 0 Å². The van der Waals surface area contributed by atoms with Crippen LogP contribution in [-0.2, 0) is 17.6 Å². The molecule has 0 aliphatic heterocycles. The molecule has 1 N–H and O–H groups in total. The van der Waals surface area contributed by atoms with Crippen LogP contribution in [0.5, 0.6) is 0 Å². The molecule has 0 aromatic carbocycles. The molecule has 0 unspecified atom stereocenters. The van der Waals surface area contributed by atoms with Gasteiger partial charge in [0.1, 0.15) is 0 Å². The number of hydrogen-bond acceptors (Lipinski definition) is 5. The van der Waals surface area contributed by atoms with Crippen LogP contribution in [0.15, 0.2) is 4.42 Å². The molecule has 0 radical (unpaired) electrons. The largest absolute Gasteiger partial charge is 0.425 e. The number of ether oxygens (including phenoxy) is 1. The van der Waals surface area contributed by atoms with Crippen molar-refractivity contribution >= 4 is 0 Å². The minimum absolute atomic E-state index is 0.253. The summed E-state index contributed by atoms with van der Waals surface area (Å²) in [6, 6.07) is 0.769. The molecule has 0 amide bonds. The van der Waals surface area contributed by atoms with Gasteiger partial charge in [-0.3, -0.25) is 0 Å². The summed E-state index contributed by atoms with van der Waals surface area (Å²) in [4.78, 5) is 0. The standard InChI is InChI=1S/C13H23N3O2/c1-13(2,17-3)9-12-16-15-11(18-12)5-4-8-14-10-6-7-10/h10,14H,4-9H2,1-3H3. The first-order valence-corrected chi connectivity index (χ1v) is 6.69. The van der Waals surface area contributed by atoms with E-state index >= 15 is 0 Å². The Morgan fingerprint density at radius 1 is 1.33 bits per heavy atom. The van der Waals surface area contributed by atoms with Gasteiger partial charge < -0.3 is 14.5 Å². The maximum Gasteiger partial charge on any atom is 0.219 e. The maximum atomic E-state index is 5.61. The molecular formula is C13H23N3O2. The van der Waals surface area contributed by atoms with Crippen molar-refractivity contribution in [2.24, 2.45) is 0 Å². The molecule has 0 spiro atoms. The molecule has 5 heteroatoms. The van der Waals surface area contributed by atoms with Gasteiger partial charge in [0.05, 0.1) is 12.0 Å². The molecule has 0 saturated heterocycles. The van der Waals surface area contributed by atoms with Crippen molar-refractivity contribution in [1.29, 1.82) is 0 Å². The smallest absolute Gasteiger partial charge is 0.219 e. The van der Waals surface area contributed by atoms with E-state index in [0.717, 1.165) is 31.3 Å². The predicted octanol–water partition coefficient (Wildman–Crippen LogP) is 1.72. The summed E-state index contributed by atoms with van der Waals surface area (Å²) in [5, 5.41) is 11.6. The van der Waals surface area contributed by atoms with Crippen molar-refractivity contribution in [3.63, 3.8) is 0 Å². The number of hydrogen-bond donors (Lipinski definition) is 1. The van der Waals surface area contributed by atoms with E-state index in [1.54, 1.807) is 7.11 Å². The lowest BCUT2D eigenvalue weighted by Crippen LogP contribution is -2.25. The fourth-order valence-corrected chi connectivity index (χ4v) is 1.73. The zero-order valence-electron chi connectivity index (χ0n) is 11.5. The maximum absolute atomic E-state index is 5.61. The first kappa shape index (κ1) is 13.5. The summed E-state index contributed by atoms with van der Waals surface area (Å²) >= 11 is 0. The van der Waals surface area contributed by atoms with E-state index in [9.17, 15) is 0 Å². The summed E-state index contributed by atoms with van der Waals surface area (Å²) < 4.78 is 11.0. The minimum atomic E-state index is -0.253. The summed E-state index contributed by atoms with van der Waals surface area (Å²) in [6.45, 7) is 5.05. The van der Waals surface area contributed by atoms with E-state index in [0.29, 0.717) is 12.3 Å². The van der Waals surface area contributed by atoms with Gasteiger partial charge >= 0.3 is 0 Å². The summed E-state index contributed by atoms with van der Waals surface area (Å²) in [5.41, 5.74) is -0.253. The Bertz CT molecular complexity index is 372. The number of methoxy groups -OCH3 is 1. The van der Waals surface area contributed by atoms with Crippen molar-refractivity contribution < 1.29 is 9.15 Å². The average molecular weight is 253 g/mol. The first-order chi connectivity index (χ1) is 8.59. The van der Waals surface area contributed by atoms with Crippen molar-refractivity contribution in [1.82, 2.24) is 15.5 Å². The van der Waals surface area contributed by atoms with Gasteiger partial charge in [0.25, 0.3) is 0 Å². The molecule has 102 valence electrons. The second-order valence-electron chi connectivity index (χ2n) is 5.56. The van der Waals surface area contributed by atoms with Gasteiger partial charge in [0.2, 0.25) is 11.8 Å². The fraction of sp³-hybridized carbons (Fsp3) is 0.846. The molecule has 5 nitrogen and oxygen atoms in total. The Balaban J connectivity index is 1.71. The molecule has 1 aromatic heterocycles. The van der Waals surface area contributed by atoms with Crippen LogP contribution in [0, 0.1) is 0 Å². The van der Waals surface area contributed by atoms with Crippen molar-refractivity contribution in [2.75, 3.05) is 13.7 Å². The van der Waals surface area contributed by atoms with Crippen LogP contribution in [0.4, 0.5) is 0 Å². The second kappa shape index (κ2) is 5.80. The van der Waals surface area contributed by atoms with E-state index in [2.05, 4.69) is 15.5 Å². The highest BCUT2D eigenvalue weighted by Crippen LogP contribution is 2.18. The Kier molecular flexibility index (Phi) is 4.35. The van der Waals surface area contributed by atoms with Crippen molar-refractivity contribution in [3.8, 4) is 0 Å². The van der Waals surface area contributed by atoms with Crippen LogP contribution in [0.2, 0.25) is 0 Å². The normalized spacial score (nSPS) is 16.2. The lowest BCUT2D eigenvalue weighted by molar-refractivity contribution is 0.0179. The van der Waals surface area contributed by atoms with Crippen LogP contribution < -0.4 is 5.32 Å². The number of aryl methyl sites for hydroxylation is 1. The fourth-order valence-electron chi connectivity index (χ4n) is 1.73. The van der Waals surface area contributed by atoms with Crippen LogP contribution in [0.3, 0.4) is 0 Å². The van der Waals surface area contributed by atoms with Gasteiger partial charge in [-0.05, 0) is 39.7 Å². The topological polar surface area (TPSA) is 60.2 Å². The van der Waals surface area contributed by atoms with Crippen molar-refractivity contribution in [2.45, 2.75) is 57.6 Å². The van der Waals surface area contributed by atoms with E-state index in [1.165, 1.54) is 12.8 Å². The molecule has 1 aliphatic carbocycles. The third-order valence-electron chi connectivity index (χ3n) is 3.22. The number of rotatable bonds is 8. The van der Waals surface area contributed by atoms with Gasteiger partial charge in [-0.2, -0.15) is 0 Å². The molecule has 1 fully saturated rings. The Morgan fingerprint density at radius 2 is 2.06 bits per heavy atom. The molecule has 1 aliphatic rings. The third kappa shape index (κ3) is 4.38. The van der Waals surface area contributed by atoms with Crippen LogP contribution in [0.25, 0.3) is 0 Å². The second-order valence-corrected chi connectivity index (χ2v) is 5.56. The first-order valence-electron chi connectivity index (χ1n) is 6.69. The van der Waals surface area contributed by atoms with Gasteiger partial charge in [0, 0.05) is 19.6 Å². The zero-order valence-corrected chi connectivity index (χ0v) is 11.5. The third-order valence-corrected chi connectivity index (χ3v) is 3.22. The summed E-state index contributed by atoms with van der Waals surface area (Å²) in [5.74, 6) is 1.39. The van der Waals surface area contributed by atoms with E-state index in [1.807, 2.05) is 13.8 Å². The average Bonchev–Trinajstić information content (AvgIpc) is 3.06. The van der Waals surface area contributed by atoms with Gasteiger partial charge in [0.15, 0.2) is 0 Å². The molecule has 18 heavy (non-hydrogen) atoms. The Hall–Kier alpha value is -0.940. The van der Waals surface area contributed by atoms with E-state index < -0.39 is 0 Å². The summed E-state index contributed by atoms with van der Waals surface area (Å²) in [6.07, 6.45) is 5.20. The van der Waals surface area contributed by atoms with Gasteiger partial charge in [-0.15, -0.1) is 10.2 Å². The van der Waals surface area contributed by atoms with E-state index in [4.69, 9.17) is 9.15 Å². The lowest BCUT2D eigenvalue weighted by Gasteiger charge is -2.20. The van der Waals surface area contributed by atoms with Crippen LogP contribution >= 0.6 is 0 Å². The number of aromatic nitrogens is 2. The molecular weight excluding hydrogens is 230 g/mol. The molecule has 1 heterocycles. The van der Waals surface area contributed by atoms with E-state index in [-0.39, 0.29) is 5.60 Å². The number of nitrogens with zero attached hydrogens (tertiary/aromatic N) is 2. The van der Waals surface area contributed by atoms with Crippen LogP contribution in [-0.4, -0.2) is 35.5 Å². The highest BCUT2D eigenvalue weighted by molar-refractivity contribution is 4.88. The molecule has 0 atom stereocenters. The monoisotopic (exact) mass is 253 g/mol. The summed E-state index contributed by atoms with van der Waals surface area (Å²) in [7, 11) is 1.70. The molecule has 2 rings (SSSR count). The Labute approximate surface area is 108 Å². The van der Waals surface area contributed by atoms with Crippen LogP contribution in [0.1, 0.15) is 44.9 Å². The van der Waals surface area contributed by atoms with Gasteiger partial charge in [-0.1, -0.05) is 0 Å².